The summed E-state index contributed by atoms with van der Waals surface area (Å²) in [6.07, 6.45) is 15.9. The second-order valence-electron chi connectivity index (χ2n) is 14.2. The Hall–Kier alpha value is -0.0900. The molecule has 9 atom stereocenters. The van der Waals surface area contributed by atoms with Crippen molar-refractivity contribution in [2.45, 2.75) is 117 Å². The van der Waals surface area contributed by atoms with Crippen molar-refractivity contribution in [1.82, 2.24) is 0 Å². The molecule has 0 bridgehead atoms. The molecule has 4 heteroatoms. The molecule has 1 N–H and O–H groups in total. The zero-order valence-electron chi connectivity index (χ0n) is 22.4. The van der Waals surface area contributed by atoms with E-state index in [4.69, 9.17) is 0 Å². The lowest BCUT2D eigenvalue weighted by molar-refractivity contribution is -0.147. The van der Waals surface area contributed by atoms with E-state index in [-0.39, 0.29) is 11.2 Å². The van der Waals surface area contributed by atoms with Gasteiger partial charge in [0.15, 0.2) is 0 Å². The van der Waals surface area contributed by atoms with Crippen LogP contribution in [-0.2, 0) is 9.84 Å². The highest BCUT2D eigenvalue weighted by atomic mass is 32.2. The zero-order valence-corrected chi connectivity index (χ0v) is 23.2. The normalized spacial score (nSPS) is 46.5. The minimum absolute atomic E-state index is 0.0578. The van der Waals surface area contributed by atoms with E-state index >= 15 is 0 Å². The highest BCUT2D eigenvalue weighted by Crippen LogP contribution is 2.69. The predicted molar refractivity (Wildman–Crippen MR) is 138 cm³/mol. The first kappa shape index (κ1) is 26.0. The lowest BCUT2D eigenvalue weighted by atomic mass is 9.43. The smallest absolute Gasteiger partial charge is 0.150 e. The molecule has 4 aliphatic carbocycles. The molecule has 4 aliphatic rings. The van der Waals surface area contributed by atoms with Crippen molar-refractivity contribution in [3.8, 4) is 0 Å². The molecule has 0 aromatic heterocycles. The van der Waals surface area contributed by atoms with Crippen LogP contribution < -0.4 is 0 Å². The molecule has 0 amide bonds. The Kier molecular flexibility index (Phi) is 7.16. The number of fused-ring (bicyclic) bond motifs is 5. The highest BCUT2D eigenvalue weighted by molar-refractivity contribution is 7.90. The second-order valence-corrected chi connectivity index (χ2v) is 16.3. The minimum Gasteiger partial charge on any atom is -0.389 e. The molecule has 0 radical (unpaired) electrons. The average Bonchev–Trinajstić information content (AvgIpc) is 3.04. The third-order valence-electron chi connectivity index (χ3n) is 11.6. The summed E-state index contributed by atoms with van der Waals surface area (Å²) in [5.74, 6) is 5.49. The highest BCUT2D eigenvalue weighted by Gasteiger charge is 2.61. The van der Waals surface area contributed by atoms with Crippen LogP contribution in [0.15, 0.2) is 0 Å². The maximum Gasteiger partial charge on any atom is 0.150 e. The SMILES string of the molecule is CC(C)CCC[C@@H](C)[C@H]1CCC2C3CC[C@H]4CC(O)(CS(C)(=O)=O)CC[C@]4(C)C3CC[C@@]21C. The molecule has 0 aromatic rings. The van der Waals surface area contributed by atoms with Crippen molar-refractivity contribution in [2.24, 2.45) is 52.3 Å². The zero-order chi connectivity index (χ0) is 24.2. The van der Waals surface area contributed by atoms with E-state index in [0.717, 1.165) is 41.9 Å². The standard InChI is InChI=1S/C29H52O3S/c1-20(2)8-7-9-21(3)24-12-13-25-23-11-10-22-18-29(30,19-33(6,31)32)17-16-27(22,4)26(23)14-15-28(24,25)5/h20-26,30H,7-19H2,1-6H3/t21-,22+,23?,24-,25?,26?,27+,28-,29?/m1/s1. The summed E-state index contributed by atoms with van der Waals surface area (Å²) in [7, 11) is -3.16. The fourth-order valence-electron chi connectivity index (χ4n) is 9.97. The van der Waals surface area contributed by atoms with Crippen LogP contribution in [-0.4, -0.2) is 31.1 Å². The maximum absolute atomic E-state index is 12.0. The lowest BCUT2D eigenvalue weighted by Gasteiger charge is -2.62. The van der Waals surface area contributed by atoms with E-state index in [0.29, 0.717) is 24.2 Å². The Labute approximate surface area is 204 Å². The van der Waals surface area contributed by atoms with Gasteiger partial charge in [0.05, 0.1) is 11.4 Å². The molecule has 0 aliphatic heterocycles. The molecule has 0 heterocycles. The quantitative estimate of drug-likeness (QED) is 0.432. The molecule has 3 nitrogen and oxygen atoms in total. The number of rotatable bonds is 7. The van der Waals surface area contributed by atoms with Crippen molar-refractivity contribution in [2.75, 3.05) is 12.0 Å². The van der Waals surface area contributed by atoms with Gasteiger partial charge in [-0.1, -0.05) is 53.9 Å². The fraction of sp³-hybridized carbons (Fsp3) is 1.00. The number of hydrogen-bond acceptors (Lipinski definition) is 3. The van der Waals surface area contributed by atoms with Crippen LogP contribution in [0.4, 0.5) is 0 Å². The molecule has 0 spiro atoms. The summed E-state index contributed by atoms with van der Waals surface area (Å²) in [6.45, 7) is 12.4. The summed E-state index contributed by atoms with van der Waals surface area (Å²) in [5.41, 5.74) is -0.195. The Morgan fingerprint density at radius 3 is 2.24 bits per heavy atom. The Morgan fingerprint density at radius 2 is 1.58 bits per heavy atom. The van der Waals surface area contributed by atoms with Crippen molar-refractivity contribution in [3.05, 3.63) is 0 Å². The number of hydrogen-bond donors (Lipinski definition) is 1. The molecular formula is C29H52O3S. The molecular weight excluding hydrogens is 428 g/mol. The van der Waals surface area contributed by atoms with Gasteiger partial charge in [0.25, 0.3) is 0 Å². The molecule has 4 unspecified atom stereocenters. The van der Waals surface area contributed by atoms with E-state index in [2.05, 4.69) is 34.6 Å². The van der Waals surface area contributed by atoms with E-state index in [1.54, 1.807) is 0 Å². The predicted octanol–water partition coefficient (Wildman–Crippen LogP) is 6.88. The molecule has 4 saturated carbocycles. The summed E-state index contributed by atoms with van der Waals surface area (Å²) < 4.78 is 23.9. The maximum atomic E-state index is 12.0. The van der Waals surface area contributed by atoms with Crippen molar-refractivity contribution < 1.29 is 13.5 Å². The van der Waals surface area contributed by atoms with Crippen LogP contribution >= 0.6 is 0 Å². The summed E-state index contributed by atoms with van der Waals surface area (Å²) in [4.78, 5) is 0. The molecule has 192 valence electrons. The van der Waals surface area contributed by atoms with Crippen LogP contribution in [0, 0.1) is 52.3 Å². The molecule has 4 fully saturated rings. The average molecular weight is 481 g/mol. The molecule has 0 aromatic carbocycles. The Bertz CT molecular complexity index is 806. The van der Waals surface area contributed by atoms with Gasteiger partial charge in [-0.3, -0.25) is 0 Å². The largest absolute Gasteiger partial charge is 0.389 e. The summed E-state index contributed by atoms with van der Waals surface area (Å²) in [5, 5.41) is 11.2. The topological polar surface area (TPSA) is 54.4 Å². The van der Waals surface area contributed by atoms with Crippen molar-refractivity contribution in [3.63, 3.8) is 0 Å². The van der Waals surface area contributed by atoms with E-state index in [1.807, 2.05) is 0 Å². The summed E-state index contributed by atoms with van der Waals surface area (Å²) >= 11 is 0. The first-order valence-electron chi connectivity index (χ1n) is 14.2. The van der Waals surface area contributed by atoms with Crippen molar-refractivity contribution >= 4 is 9.84 Å². The van der Waals surface area contributed by atoms with Crippen molar-refractivity contribution in [1.29, 1.82) is 0 Å². The van der Waals surface area contributed by atoms with Crippen LogP contribution in [0.5, 0.6) is 0 Å². The Balaban J connectivity index is 1.46. The van der Waals surface area contributed by atoms with E-state index in [1.165, 1.54) is 64.0 Å². The second kappa shape index (κ2) is 9.09. The van der Waals surface area contributed by atoms with E-state index < -0.39 is 15.4 Å². The van der Waals surface area contributed by atoms with Crippen LogP contribution in [0.1, 0.15) is 112 Å². The fourth-order valence-corrected chi connectivity index (χ4v) is 11.2. The molecule has 33 heavy (non-hydrogen) atoms. The number of aliphatic hydroxyl groups is 1. The van der Waals surface area contributed by atoms with Crippen LogP contribution in [0.3, 0.4) is 0 Å². The van der Waals surface area contributed by atoms with Gasteiger partial charge in [0.1, 0.15) is 9.84 Å². The first-order valence-corrected chi connectivity index (χ1v) is 16.2. The lowest BCUT2D eigenvalue weighted by Crippen LogP contribution is -2.57. The van der Waals surface area contributed by atoms with Gasteiger partial charge in [0.2, 0.25) is 0 Å². The van der Waals surface area contributed by atoms with Gasteiger partial charge < -0.3 is 5.11 Å². The first-order chi connectivity index (χ1) is 15.3. The van der Waals surface area contributed by atoms with Crippen LogP contribution in [0.2, 0.25) is 0 Å². The van der Waals surface area contributed by atoms with Crippen LogP contribution in [0.25, 0.3) is 0 Å². The van der Waals surface area contributed by atoms with Gasteiger partial charge in [-0.05, 0) is 110 Å². The van der Waals surface area contributed by atoms with Gasteiger partial charge in [0, 0.05) is 6.26 Å². The molecule has 4 rings (SSSR count). The van der Waals surface area contributed by atoms with E-state index in [9.17, 15) is 13.5 Å². The summed E-state index contributed by atoms with van der Waals surface area (Å²) in [6, 6.07) is 0. The monoisotopic (exact) mass is 480 g/mol. The van der Waals surface area contributed by atoms with Gasteiger partial charge >= 0.3 is 0 Å². The third-order valence-corrected chi connectivity index (χ3v) is 12.6. The molecule has 0 saturated heterocycles. The Morgan fingerprint density at radius 1 is 0.879 bits per heavy atom. The van der Waals surface area contributed by atoms with Gasteiger partial charge in [-0.2, -0.15) is 0 Å². The van der Waals surface area contributed by atoms with Gasteiger partial charge in [-0.25, -0.2) is 8.42 Å². The van der Waals surface area contributed by atoms with Gasteiger partial charge in [-0.15, -0.1) is 0 Å². The minimum atomic E-state index is -3.16. The number of sulfone groups is 1. The third kappa shape index (κ3) is 4.95.